The van der Waals surface area contributed by atoms with Crippen LogP contribution in [0.5, 0.6) is 5.75 Å². The summed E-state index contributed by atoms with van der Waals surface area (Å²) in [5.74, 6) is 1.66. The van der Waals surface area contributed by atoms with E-state index in [2.05, 4.69) is 16.9 Å². The predicted octanol–water partition coefficient (Wildman–Crippen LogP) is 4.57. The van der Waals surface area contributed by atoms with Gasteiger partial charge in [-0.15, -0.1) is 4.18 Å². The Bertz CT molecular complexity index is 1070. The number of rotatable bonds is 8. The fourth-order valence-electron chi connectivity index (χ4n) is 7.30. The lowest BCUT2D eigenvalue weighted by Gasteiger charge is -2.56. The van der Waals surface area contributed by atoms with Gasteiger partial charge < -0.3 is 14.0 Å². The number of esters is 1. The zero-order valence-electron chi connectivity index (χ0n) is 21.0. The molecule has 0 spiro atoms. The molecule has 2 unspecified atom stereocenters. The maximum atomic E-state index is 13.1. The molecule has 4 bridgehead atoms. The van der Waals surface area contributed by atoms with Crippen molar-refractivity contribution in [2.24, 2.45) is 23.2 Å². The van der Waals surface area contributed by atoms with Gasteiger partial charge in [0.1, 0.15) is 11.5 Å². The Morgan fingerprint density at radius 3 is 2.19 bits per heavy atom. The molecule has 4 saturated carbocycles. The van der Waals surface area contributed by atoms with Crippen molar-refractivity contribution >= 4 is 27.3 Å². The molecular formula is C26H34F2O7S2. The van der Waals surface area contributed by atoms with E-state index in [0.29, 0.717) is 33.9 Å². The molecule has 7 nitrogen and oxygen atoms in total. The third-order valence-corrected chi connectivity index (χ3v) is 11.9. The third-order valence-electron chi connectivity index (χ3n) is 8.71. The molecule has 206 valence electrons. The SMILES string of the molecule is COc1ccc(CCC23CCC[S+]2O3)cc1.O=C(OCC12CC3CC(CC(C3)C1)C2)C(F)(F)S(=O)(=O)[O-]. The van der Waals surface area contributed by atoms with Gasteiger partial charge in [-0.2, -0.15) is 8.78 Å². The van der Waals surface area contributed by atoms with Crippen molar-refractivity contribution in [1.82, 2.24) is 0 Å². The Labute approximate surface area is 219 Å². The second-order valence-corrected chi connectivity index (χ2v) is 14.9. The highest BCUT2D eigenvalue weighted by Gasteiger charge is 2.73. The number of aryl methyl sites for hydroxylation is 1. The molecule has 0 amide bonds. The Kier molecular flexibility index (Phi) is 7.30. The van der Waals surface area contributed by atoms with E-state index >= 15 is 0 Å². The number of methoxy groups -OCH3 is 1. The molecule has 37 heavy (non-hydrogen) atoms. The van der Waals surface area contributed by atoms with Gasteiger partial charge in [-0.1, -0.05) is 12.1 Å². The molecule has 7 rings (SSSR count). The van der Waals surface area contributed by atoms with E-state index in [0.717, 1.165) is 50.7 Å². The first kappa shape index (κ1) is 27.1. The minimum absolute atomic E-state index is 0.208. The molecule has 0 radical (unpaired) electrons. The first-order chi connectivity index (χ1) is 17.4. The van der Waals surface area contributed by atoms with Gasteiger partial charge in [0.05, 0.1) is 13.7 Å². The largest absolute Gasteiger partial charge is 0.743 e. The summed E-state index contributed by atoms with van der Waals surface area (Å²) in [4.78, 5) is 11.6. The van der Waals surface area contributed by atoms with Crippen molar-refractivity contribution < 1.29 is 40.2 Å². The van der Waals surface area contributed by atoms with Crippen LogP contribution in [0.2, 0.25) is 0 Å². The number of carbonyl (C=O) groups is 1. The summed E-state index contributed by atoms with van der Waals surface area (Å²) >= 11 is 0.331. The molecule has 6 fully saturated rings. The minimum Gasteiger partial charge on any atom is -0.743 e. The lowest BCUT2D eigenvalue weighted by atomic mass is 9.50. The van der Waals surface area contributed by atoms with Gasteiger partial charge in [-0.3, -0.25) is 0 Å². The number of fused-ring (bicyclic) bond motifs is 1. The molecule has 6 aliphatic rings. The van der Waals surface area contributed by atoms with Crippen molar-refractivity contribution in [2.45, 2.75) is 74.4 Å². The predicted molar refractivity (Wildman–Crippen MR) is 133 cm³/mol. The maximum absolute atomic E-state index is 13.1. The number of ether oxygens (including phenoxy) is 2. The van der Waals surface area contributed by atoms with Gasteiger partial charge in [0, 0.05) is 24.7 Å². The normalized spacial score (nSPS) is 35.4. The Hall–Kier alpha value is -1.43. The fourth-order valence-corrected chi connectivity index (χ4v) is 9.77. The average Bonchev–Trinajstić information content (AvgIpc) is 3.39. The van der Waals surface area contributed by atoms with Crippen LogP contribution in [-0.2, 0) is 41.4 Å². The Balaban J connectivity index is 0.000000157. The lowest BCUT2D eigenvalue weighted by Crippen LogP contribution is -2.49. The zero-order valence-corrected chi connectivity index (χ0v) is 22.6. The molecule has 1 aromatic rings. The molecule has 2 saturated heterocycles. The summed E-state index contributed by atoms with van der Waals surface area (Å²) in [6.45, 7) is -0.208. The van der Waals surface area contributed by atoms with E-state index in [-0.39, 0.29) is 12.0 Å². The summed E-state index contributed by atoms with van der Waals surface area (Å²) in [5.41, 5.74) is 1.09. The maximum Gasteiger partial charge on any atom is 0.428 e. The van der Waals surface area contributed by atoms with Crippen LogP contribution in [-0.4, -0.2) is 48.6 Å². The van der Waals surface area contributed by atoms with Crippen LogP contribution in [0.25, 0.3) is 0 Å². The van der Waals surface area contributed by atoms with Gasteiger partial charge in [0.25, 0.3) is 0 Å². The molecule has 4 aliphatic carbocycles. The van der Waals surface area contributed by atoms with Crippen LogP contribution in [0.3, 0.4) is 0 Å². The van der Waals surface area contributed by atoms with E-state index in [1.807, 2.05) is 12.1 Å². The number of hydrogen-bond donors (Lipinski definition) is 0. The van der Waals surface area contributed by atoms with Crippen molar-refractivity contribution in [2.75, 3.05) is 19.5 Å². The highest BCUT2D eigenvalue weighted by Crippen LogP contribution is 2.60. The molecule has 2 heterocycles. The summed E-state index contributed by atoms with van der Waals surface area (Å²) in [6.07, 6.45) is 10.9. The van der Waals surface area contributed by atoms with E-state index in [4.69, 9.17) is 8.92 Å². The molecule has 1 aromatic carbocycles. The second-order valence-electron chi connectivity index (χ2n) is 11.5. The van der Waals surface area contributed by atoms with Gasteiger partial charge >= 0.3 is 16.2 Å². The molecular weight excluding hydrogens is 526 g/mol. The zero-order chi connectivity index (χ0) is 26.5. The van der Waals surface area contributed by atoms with Crippen LogP contribution in [0.4, 0.5) is 8.78 Å². The minimum atomic E-state index is -6.04. The molecule has 0 aromatic heterocycles. The number of hydrogen-bond acceptors (Lipinski definition) is 7. The highest BCUT2D eigenvalue weighted by atomic mass is 32.2. The van der Waals surface area contributed by atoms with Gasteiger partial charge in [0.15, 0.2) is 21.3 Å². The van der Waals surface area contributed by atoms with Crippen LogP contribution in [0.1, 0.15) is 63.4 Å². The van der Waals surface area contributed by atoms with Crippen molar-refractivity contribution in [1.29, 1.82) is 0 Å². The quantitative estimate of drug-likeness (QED) is 0.199. The van der Waals surface area contributed by atoms with Gasteiger partial charge in [-0.25, -0.2) is 13.2 Å². The van der Waals surface area contributed by atoms with Crippen LogP contribution in [0.15, 0.2) is 24.3 Å². The third kappa shape index (κ3) is 5.65. The average molecular weight is 561 g/mol. The highest BCUT2D eigenvalue weighted by molar-refractivity contribution is 7.99. The van der Waals surface area contributed by atoms with Gasteiger partial charge in [-0.05, 0) is 80.4 Å². The van der Waals surface area contributed by atoms with Crippen LogP contribution in [0, 0.1) is 23.2 Å². The van der Waals surface area contributed by atoms with E-state index in [1.165, 1.54) is 30.6 Å². The van der Waals surface area contributed by atoms with E-state index in [9.17, 15) is 26.5 Å². The van der Waals surface area contributed by atoms with Crippen LogP contribution < -0.4 is 4.74 Å². The summed E-state index contributed by atoms with van der Waals surface area (Å²) in [7, 11) is -4.33. The number of benzene rings is 1. The van der Waals surface area contributed by atoms with Crippen molar-refractivity contribution in [3.8, 4) is 5.75 Å². The second kappa shape index (κ2) is 9.95. The summed E-state index contributed by atoms with van der Waals surface area (Å²) < 4.78 is 73.0. The first-order valence-electron chi connectivity index (χ1n) is 13.0. The van der Waals surface area contributed by atoms with E-state index < -0.39 is 21.3 Å². The number of carbonyl (C=O) groups excluding carboxylic acids is 1. The van der Waals surface area contributed by atoms with E-state index in [1.54, 1.807) is 7.11 Å². The molecule has 11 heteroatoms. The number of alkyl halides is 2. The standard InChI is InChI=1S/C13H18F2O5S.C13H17O2S/c14-13(15,21(17,18)19)11(16)20-7-12-4-8-1-9(5-12)3-10(2-8)6-12;1-14-12-5-3-11(4-6-12)7-9-13-8-2-10-16(13)15-13/h8-10H,1-7H2,(H,17,18,19);3-6H,2,7-10H2,1H3/q;+1/p-1. The molecule has 0 N–H and O–H groups in total. The van der Waals surface area contributed by atoms with Crippen molar-refractivity contribution in [3.05, 3.63) is 29.8 Å². The lowest BCUT2D eigenvalue weighted by molar-refractivity contribution is -0.172. The topological polar surface area (TPSA) is 105 Å². The monoisotopic (exact) mass is 560 g/mol. The van der Waals surface area contributed by atoms with Crippen molar-refractivity contribution in [3.63, 3.8) is 0 Å². The van der Waals surface area contributed by atoms with Gasteiger partial charge in [0.2, 0.25) is 0 Å². The Morgan fingerprint density at radius 2 is 1.73 bits per heavy atom. The molecule has 2 atom stereocenters. The number of halogens is 2. The fraction of sp³-hybridized carbons (Fsp3) is 0.731. The smallest absolute Gasteiger partial charge is 0.428 e. The summed E-state index contributed by atoms with van der Waals surface area (Å²) in [5, 5.41) is -5.00. The summed E-state index contributed by atoms with van der Waals surface area (Å²) in [6, 6.07) is 8.39. The Morgan fingerprint density at radius 1 is 1.14 bits per heavy atom. The van der Waals surface area contributed by atoms with Crippen LogP contribution >= 0.6 is 0 Å². The first-order valence-corrected chi connectivity index (χ1v) is 15.7. The molecule has 2 aliphatic heterocycles.